The SMILES string of the molecule is O=C(c1ccccc1)c1ccccc1N[C@@H](Cc1ccc(N=Nc2ccccc2)cc1)C(=O)O. The molecule has 0 saturated heterocycles. The molecule has 0 aliphatic heterocycles. The average molecular weight is 450 g/mol. The highest BCUT2D eigenvalue weighted by Gasteiger charge is 2.21. The van der Waals surface area contributed by atoms with Crippen LogP contribution in [-0.4, -0.2) is 22.9 Å². The lowest BCUT2D eigenvalue weighted by Crippen LogP contribution is -2.32. The van der Waals surface area contributed by atoms with E-state index in [0.29, 0.717) is 22.5 Å². The molecule has 0 aromatic heterocycles. The number of rotatable bonds is 9. The van der Waals surface area contributed by atoms with Crippen molar-refractivity contribution in [3.05, 3.63) is 126 Å². The number of azo groups is 1. The van der Waals surface area contributed by atoms with Gasteiger partial charge in [-0.1, -0.05) is 72.8 Å². The van der Waals surface area contributed by atoms with Crippen molar-refractivity contribution in [3.63, 3.8) is 0 Å². The summed E-state index contributed by atoms with van der Waals surface area (Å²) in [7, 11) is 0. The molecule has 2 N–H and O–H groups in total. The predicted octanol–water partition coefficient (Wildman–Crippen LogP) is 6.44. The number of aliphatic carboxylic acids is 1. The summed E-state index contributed by atoms with van der Waals surface area (Å²) in [6.07, 6.45) is 0.235. The molecule has 0 spiro atoms. The second kappa shape index (κ2) is 10.8. The molecule has 0 aliphatic carbocycles. The Morgan fingerprint density at radius 1 is 0.706 bits per heavy atom. The van der Waals surface area contributed by atoms with Crippen LogP contribution in [0.5, 0.6) is 0 Å². The van der Waals surface area contributed by atoms with Gasteiger partial charge in [-0.05, 0) is 42.0 Å². The monoisotopic (exact) mass is 449 g/mol. The predicted molar refractivity (Wildman–Crippen MR) is 132 cm³/mol. The van der Waals surface area contributed by atoms with Crippen LogP contribution >= 0.6 is 0 Å². The fraction of sp³-hybridized carbons (Fsp3) is 0.0714. The normalized spacial score (nSPS) is 11.8. The van der Waals surface area contributed by atoms with Gasteiger partial charge in [0.05, 0.1) is 11.4 Å². The number of carbonyl (C=O) groups excluding carboxylic acids is 1. The van der Waals surface area contributed by atoms with Gasteiger partial charge < -0.3 is 10.4 Å². The molecule has 0 saturated carbocycles. The minimum Gasteiger partial charge on any atom is -0.480 e. The smallest absolute Gasteiger partial charge is 0.326 e. The summed E-state index contributed by atoms with van der Waals surface area (Å²) in [5.74, 6) is -1.17. The van der Waals surface area contributed by atoms with Crippen molar-refractivity contribution in [2.24, 2.45) is 10.2 Å². The quantitative estimate of drug-likeness (QED) is 0.227. The molecular weight excluding hydrogens is 426 g/mol. The number of carboxylic acid groups (broad SMARTS) is 1. The van der Waals surface area contributed by atoms with E-state index >= 15 is 0 Å². The van der Waals surface area contributed by atoms with Crippen LogP contribution in [0.4, 0.5) is 17.1 Å². The zero-order valence-corrected chi connectivity index (χ0v) is 18.3. The number of hydrogen-bond acceptors (Lipinski definition) is 5. The highest BCUT2D eigenvalue weighted by atomic mass is 16.4. The van der Waals surface area contributed by atoms with Crippen molar-refractivity contribution in [3.8, 4) is 0 Å². The van der Waals surface area contributed by atoms with Crippen molar-refractivity contribution in [1.82, 2.24) is 0 Å². The van der Waals surface area contributed by atoms with Crippen LogP contribution in [0.1, 0.15) is 21.5 Å². The number of ketones is 1. The number of hydrogen-bond donors (Lipinski definition) is 2. The minimum absolute atomic E-state index is 0.166. The topological polar surface area (TPSA) is 91.1 Å². The Morgan fingerprint density at radius 2 is 1.26 bits per heavy atom. The van der Waals surface area contributed by atoms with E-state index < -0.39 is 12.0 Å². The Morgan fingerprint density at radius 3 is 1.91 bits per heavy atom. The third-order valence-electron chi connectivity index (χ3n) is 5.25. The van der Waals surface area contributed by atoms with Gasteiger partial charge in [0.2, 0.25) is 0 Å². The van der Waals surface area contributed by atoms with Crippen molar-refractivity contribution in [2.45, 2.75) is 12.5 Å². The molecule has 1 atom stereocenters. The molecule has 168 valence electrons. The maximum absolute atomic E-state index is 13.0. The van der Waals surface area contributed by atoms with Gasteiger partial charge in [0.15, 0.2) is 5.78 Å². The second-order valence-corrected chi connectivity index (χ2v) is 7.68. The Kier molecular flexibility index (Phi) is 7.20. The van der Waals surface area contributed by atoms with Gasteiger partial charge in [0.1, 0.15) is 6.04 Å². The number of carbonyl (C=O) groups is 2. The first-order valence-electron chi connectivity index (χ1n) is 10.8. The van der Waals surface area contributed by atoms with E-state index in [1.807, 2.05) is 48.5 Å². The lowest BCUT2D eigenvalue weighted by atomic mass is 10.00. The van der Waals surface area contributed by atoms with Gasteiger partial charge in [0.25, 0.3) is 0 Å². The molecular formula is C28H23N3O3. The summed E-state index contributed by atoms with van der Waals surface area (Å²) < 4.78 is 0. The second-order valence-electron chi connectivity index (χ2n) is 7.68. The molecule has 4 aromatic carbocycles. The van der Waals surface area contributed by atoms with Crippen molar-refractivity contribution >= 4 is 28.8 Å². The molecule has 34 heavy (non-hydrogen) atoms. The fourth-order valence-corrected chi connectivity index (χ4v) is 3.48. The number of nitrogens with one attached hydrogen (secondary N) is 1. The lowest BCUT2D eigenvalue weighted by Gasteiger charge is -2.18. The maximum atomic E-state index is 13.0. The molecule has 6 nitrogen and oxygen atoms in total. The van der Waals surface area contributed by atoms with Crippen molar-refractivity contribution in [2.75, 3.05) is 5.32 Å². The Bertz CT molecular complexity index is 1290. The van der Waals surface area contributed by atoms with E-state index in [0.717, 1.165) is 11.3 Å². The van der Waals surface area contributed by atoms with Crippen LogP contribution in [0.25, 0.3) is 0 Å². The van der Waals surface area contributed by atoms with Crippen LogP contribution in [0.15, 0.2) is 119 Å². The zero-order chi connectivity index (χ0) is 23.8. The van der Waals surface area contributed by atoms with Crippen LogP contribution in [0.3, 0.4) is 0 Å². The van der Waals surface area contributed by atoms with Gasteiger partial charge >= 0.3 is 5.97 Å². The first-order valence-corrected chi connectivity index (χ1v) is 10.8. The van der Waals surface area contributed by atoms with E-state index in [-0.39, 0.29) is 12.2 Å². The third-order valence-corrected chi connectivity index (χ3v) is 5.25. The van der Waals surface area contributed by atoms with E-state index in [4.69, 9.17) is 0 Å². The van der Waals surface area contributed by atoms with E-state index in [2.05, 4.69) is 15.5 Å². The van der Waals surface area contributed by atoms with Crippen LogP contribution in [-0.2, 0) is 11.2 Å². The first kappa shape index (κ1) is 22.6. The van der Waals surface area contributed by atoms with Gasteiger partial charge in [-0.3, -0.25) is 4.79 Å². The number of para-hydroxylation sites is 1. The Balaban J connectivity index is 1.48. The number of benzene rings is 4. The minimum atomic E-state index is -1.00. The summed E-state index contributed by atoms with van der Waals surface area (Å²) in [5.41, 5.74) is 3.71. The van der Waals surface area contributed by atoms with E-state index in [1.165, 1.54) is 0 Å². The molecule has 4 aromatic rings. The largest absolute Gasteiger partial charge is 0.480 e. The average Bonchev–Trinajstić information content (AvgIpc) is 2.89. The van der Waals surface area contributed by atoms with Gasteiger partial charge in [-0.25, -0.2) is 4.79 Å². The summed E-state index contributed by atoms with van der Waals surface area (Å²) in [4.78, 5) is 25.0. The van der Waals surface area contributed by atoms with Crippen LogP contribution < -0.4 is 5.32 Å². The molecule has 6 heteroatoms. The summed E-state index contributed by atoms with van der Waals surface area (Å²) in [5, 5.41) is 21.3. The van der Waals surface area contributed by atoms with E-state index in [1.54, 1.807) is 60.7 Å². The molecule has 0 bridgehead atoms. The molecule has 0 aliphatic rings. The van der Waals surface area contributed by atoms with Crippen LogP contribution in [0, 0.1) is 0 Å². The fourth-order valence-electron chi connectivity index (χ4n) is 3.48. The van der Waals surface area contributed by atoms with Gasteiger partial charge in [-0.2, -0.15) is 10.2 Å². The van der Waals surface area contributed by atoms with Gasteiger partial charge in [-0.15, -0.1) is 0 Å². The standard InChI is InChI=1S/C28H23N3O3/c32-27(21-9-3-1-4-10-21)24-13-7-8-14-25(24)29-26(28(33)34)19-20-15-17-23(18-16-20)31-30-22-11-5-2-6-12-22/h1-18,26,29H,19H2,(H,33,34)/t26-/m0/s1. The number of nitrogens with zero attached hydrogens (tertiary/aromatic N) is 2. The Labute approximate surface area is 197 Å². The summed E-state index contributed by atoms with van der Waals surface area (Å²) in [6, 6.07) is 31.6. The highest BCUT2D eigenvalue weighted by molar-refractivity contribution is 6.12. The number of carboxylic acids is 1. The lowest BCUT2D eigenvalue weighted by molar-refractivity contribution is -0.137. The van der Waals surface area contributed by atoms with E-state index in [9.17, 15) is 14.7 Å². The first-order chi connectivity index (χ1) is 16.6. The molecule has 0 radical (unpaired) electrons. The molecule has 4 rings (SSSR count). The number of anilines is 1. The highest BCUT2D eigenvalue weighted by Crippen LogP contribution is 2.22. The van der Waals surface area contributed by atoms with Crippen molar-refractivity contribution < 1.29 is 14.7 Å². The Hall–Kier alpha value is -4.58. The third kappa shape index (κ3) is 5.81. The van der Waals surface area contributed by atoms with Gasteiger partial charge in [0, 0.05) is 23.2 Å². The summed E-state index contributed by atoms with van der Waals surface area (Å²) >= 11 is 0. The van der Waals surface area contributed by atoms with Crippen LogP contribution in [0.2, 0.25) is 0 Å². The summed E-state index contributed by atoms with van der Waals surface area (Å²) in [6.45, 7) is 0. The molecule has 0 unspecified atom stereocenters. The molecule has 0 amide bonds. The molecule has 0 fully saturated rings. The zero-order valence-electron chi connectivity index (χ0n) is 18.3. The molecule has 0 heterocycles. The van der Waals surface area contributed by atoms with Crippen molar-refractivity contribution in [1.29, 1.82) is 0 Å². The maximum Gasteiger partial charge on any atom is 0.326 e.